The van der Waals surface area contributed by atoms with Crippen LogP contribution in [-0.2, 0) is 28.3 Å². The van der Waals surface area contributed by atoms with Gasteiger partial charge in [-0.3, -0.25) is 23.9 Å². The highest BCUT2D eigenvalue weighted by atomic mass is 31.2. The number of nitrogens with zero attached hydrogens (tertiary/aromatic N) is 1. The summed E-state index contributed by atoms with van der Waals surface area (Å²) >= 11 is 0. The van der Waals surface area contributed by atoms with E-state index in [0.29, 0.717) is 32.0 Å². The minimum absolute atomic E-state index is 0.0897. The first-order valence-electron chi connectivity index (χ1n) is 12.2. The first-order valence-corrected chi connectivity index (χ1v) is 14.4. The Morgan fingerprint density at radius 2 is 2.11 bits per heavy atom. The van der Waals surface area contributed by atoms with Crippen molar-refractivity contribution in [2.24, 2.45) is 0 Å². The summed E-state index contributed by atoms with van der Waals surface area (Å²) in [5.41, 5.74) is -2.71. The van der Waals surface area contributed by atoms with Gasteiger partial charge in [-0.2, -0.15) is 0 Å². The molecule has 2 heterocycles. The Balaban J connectivity index is 2.07. The van der Waals surface area contributed by atoms with E-state index in [2.05, 4.69) is 11.3 Å². The van der Waals surface area contributed by atoms with Crippen LogP contribution in [0, 0.1) is 0 Å². The zero-order chi connectivity index (χ0) is 26.8. The number of esters is 2. The molecule has 4 atom stereocenters. The Labute approximate surface area is 210 Å². The molecular formula is C24H38FN2O8P. The number of halogens is 1. The second-order valence-corrected chi connectivity index (χ2v) is 12.7. The maximum atomic E-state index is 14.3. The fourth-order valence-corrected chi connectivity index (χ4v) is 6.17. The van der Waals surface area contributed by atoms with Crippen LogP contribution in [0.15, 0.2) is 21.9 Å². The van der Waals surface area contributed by atoms with Crippen molar-refractivity contribution < 1.29 is 32.7 Å². The first kappa shape index (κ1) is 30.0. The summed E-state index contributed by atoms with van der Waals surface area (Å²) in [6, 6.07) is 1.20. The predicted octanol–water partition coefficient (Wildman–Crippen LogP) is 3.01. The van der Waals surface area contributed by atoms with Crippen molar-refractivity contribution in [3.8, 4) is 0 Å². The van der Waals surface area contributed by atoms with Gasteiger partial charge < -0.3 is 18.7 Å². The molecule has 2 rings (SSSR count). The van der Waals surface area contributed by atoms with Crippen LogP contribution in [0.2, 0.25) is 0 Å². The molecule has 0 aliphatic carbocycles. The quantitative estimate of drug-likeness (QED) is 0.208. The second kappa shape index (κ2) is 13.9. The molecule has 1 saturated heterocycles. The standard InChI is InChI=1S/C24H38FN2O8P/c1-5-6-13-32-22(30)8-7-14-36(4,18(2)15-33-19(3)28)34-17-24(16-25)11-9-21(35-24)27-12-10-20(29)26-23(27)31/h10,12,18,21H,4-9,11,13-17H2,1-3H3,(H,26,29,31)/t18?,21-,24-,36?/m1/s1. The van der Waals surface area contributed by atoms with Gasteiger partial charge in [-0.1, -0.05) is 26.6 Å². The number of hydrogen-bond donors (Lipinski definition) is 1. The van der Waals surface area contributed by atoms with E-state index >= 15 is 0 Å². The molecule has 0 radical (unpaired) electrons. The summed E-state index contributed by atoms with van der Waals surface area (Å²) in [5.74, 6) is -0.724. The van der Waals surface area contributed by atoms with Gasteiger partial charge in [0, 0.05) is 38.4 Å². The number of hydrogen-bond acceptors (Lipinski definition) is 8. The average molecular weight is 533 g/mol. The topological polar surface area (TPSA) is 126 Å². The number of carbonyl (C=O) groups is 2. The molecule has 1 aliphatic rings. The molecule has 0 spiro atoms. The average Bonchev–Trinajstić information content (AvgIpc) is 3.26. The van der Waals surface area contributed by atoms with Gasteiger partial charge in [0.25, 0.3) is 5.56 Å². The molecule has 0 aromatic carbocycles. The Hall–Kier alpha value is -2.23. The summed E-state index contributed by atoms with van der Waals surface area (Å²) in [6.07, 6.45) is 8.39. The number of aromatic amines is 1. The van der Waals surface area contributed by atoms with Crippen molar-refractivity contribution in [3.63, 3.8) is 0 Å². The van der Waals surface area contributed by atoms with E-state index in [1.807, 2.05) is 13.8 Å². The highest BCUT2D eigenvalue weighted by molar-refractivity contribution is 7.69. The fraction of sp³-hybridized carbons (Fsp3) is 0.708. The monoisotopic (exact) mass is 532 g/mol. The van der Waals surface area contributed by atoms with Crippen molar-refractivity contribution in [1.29, 1.82) is 0 Å². The minimum atomic E-state index is -2.52. The summed E-state index contributed by atoms with van der Waals surface area (Å²) in [7, 11) is -2.52. The van der Waals surface area contributed by atoms with E-state index in [1.54, 1.807) is 0 Å². The first-order chi connectivity index (χ1) is 17.0. The fourth-order valence-electron chi connectivity index (χ4n) is 3.81. The Bertz CT molecular complexity index is 1040. The summed E-state index contributed by atoms with van der Waals surface area (Å²) in [6.45, 7) is 4.69. The third kappa shape index (κ3) is 8.71. The van der Waals surface area contributed by atoms with E-state index in [1.165, 1.54) is 23.8 Å². The third-order valence-electron chi connectivity index (χ3n) is 6.23. The van der Waals surface area contributed by atoms with E-state index in [-0.39, 0.29) is 31.3 Å². The molecule has 204 valence electrons. The van der Waals surface area contributed by atoms with E-state index in [0.717, 1.165) is 12.8 Å². The van der Waals surface area contributed by atoms with Crippen LogP contribution in [0.1, 0.15) is 65.5 Å². The van der Waals surface area contributed by atoms with Crippen molar-refractivity contribution in [2.75, 3.05) is 32.7 Å². The van der Waals surface area contributed by atoms with E-state index < -0.39 is 42.8 Å². The highest BCUT2D eigenvalue weighted by Crippen LogP contribution is 2.53. The maximum Gasteiger partial charge on any atom is 0.330 e. The van der Waals surface area contributed by atoms with Crippen LogP contribution in [0.3, 0.4) is 0 Å². The van der Waals surface area contributed by atoms with Crippen molar-refractivity contribution in [3.05, 3.63) is 33.1 Å². The van der Waals surface area contributed by atoms with Gasteiger partial charge in [0.15, 0.2) is 0 Å². The normalized spacial score (nSPS) is 22.1. The van der Waals surface area contributed by atoms with E-state index in [9.17, 15) is 23.6 Å². The maximum absolute atomic E-state index is 14.3. The van der Waals surface area contributed by atoms with Crippen LogP contribution in [0.25, 0.3) is 0 Å². The molecule has 0 saturated carbocycles. The Morgan fingerprint density at radius 3 is 2.75 bits per heavy atom. The number of alkyl halides is 1. The van der Waals surface area contributed by atoms with Gasteiger partial charge in [-0.05, 0) is 31.8 Å². The van der Waals surface area contributed by atoms with Gasteiger partial charge in [0.05, 0.1) is 19.8 Å². The molecule has 10 nitrogen and oxygen atoms in total. The molecular weight excluding hydrogens is 494 g/mol. The predicted molar refractivity (Wildman–Crippen MR) is 135 cm³/mol. The summed E-state index contributed by atoms with van der Waals surface area (Å²) < 4.78 is 38.1. The SMILES string of the molecule is C=P(CCCC(=O)OCCCC)(OC[C@]1(CF)CC[C@H](n2ccc(=O)[nH]c2=O)O1)C(C)COC(C)=O. The van der Waals surface area contributed by atoms with Gasteiger partial charge in [0.2, 0.25) is 0 Å². The number of carbonyl (C=O) groups excluding carboxylic acids is 2. The number of nitrogens with one attached hydrogen (secondary N) is 1. The smallest absolute Gasteiger partial charge is 0.330 e. The zero-order valence-electron chi connectivity index (χ0n) is 21.3. The van der Waals surface area contributed by atoms with Gasteiger partial charge in [0.1, 0.15) is 18.5 Å². The van der Waals surface area contributed by atoms with Crippen molar-refractivity contribution >= 4 is 25.4 Å². The number of ether oxygens (including phenoxy) is 3. The van der Waals surface area contributed by atoms with Crippen LogP contribution in [0.4, 0.5) is 4.39 Å². The van der Waals surface area contributed by atoms with E-state index in [4.69, 9.17) is 18.7 Å². The minimum Gasteiger partial charge on any atom is -0.466 e. The van der Waals surface area contributed by atoms with Crippen LogP contribution < -0.4 is 11.2 Å². The molecule has 1 N–H and O–H groups in total. The molecule has 2 unspecified atom stereocenters. The van der Waals surface area contributed by atoms with Gasteiger partial charge in [-0.15, -0.1) is 0 Å². The molecule has 1 aliphatic heterocycles. The number of rotatable bonds is 15. The largest absolute Gasteiger partial charge is 0.466 e. The molecule has 1 aromatic heterocycles. The van der Waals surface area contributed by atoms with Crippen molar-refractivity contribution in [2.45, 2.75) is 76.8 Å². The number of unbranched alkanes of at least 4 members (excludes halogenated alkanes) is 1. The van der Waals surface area contributed by atoms with Gasteiger partial charge >= 0.3 is 17.6 Å². The lowest BCUT2D eigenvalue weighted by Gasteiger charge is -2.35. The molecule has 36 heavy (non-hydrogen) atoms. The van der Waals surface area contributed by atoms with Crippen molar-refractivity contribution in [1.82, 2.24) is 9.55 Å². The molecule has 1 fully saturated rings. The Kier molecular flexibility index (Phi) is 11.6. The summed E-state index contributed by atoms with van der Waals surface area (Å²) in [5, 5.41) is 0. The van der Waals surface area contributed by atoms with Gasteiger partial charge in [-0.25, -0.2) is 9.18 Å². The molecule has 1 aromatic rings. The lowest BCUT2D eigenvalue weighted by molar-refractivity contribution is -0.144. The number of aromatic nitrogens is 2. The van der Waals surface area contributed by atoms with Crippen LogP contribution in [0.5, 0.6) is 0 Å². The lowest BCUT2D eigenvalue weighted by atomic mass is 10.0. The third-order valence-corrected chi connectivity index (χ3v) is 9.70. The molecule has 0 amide bonds. The number of H-pyrrole nitrogens is 1. The Morgan fingerprint density at radius 1 is 1.36 bits per heavy atom. The second-order valence-electron chi connectivity index (χ2n) is 9.22. The summed E-state index contributed by atoms with van der Waals surface area (Å²) in [4.78, 5) is 49.0. The zero-order valence-corrected chi connectivity index (χ0v) is 22.2. The molecule has 12 heteroatoms. The van der Waals surface area contributed by atoms with Crippen LogP contribution in [-0.4, -0.2) is 71.7 Å². The van der Waals surface area contributed by atoms with Crippen LogP contribution >= 0.6 is 7.11 Å². The highest BCUT2D eigenvalue weighted by Gasteiger charge is 2.43. The lowest BCUT2D eigenvalue weighted by Crippen LogP contribution is -2.39. The molecule has 0 bridgehead atoms.